The smallest absolute Gasteiger partial charge is 0.151 e. The molecule has 84 valence electrons. The summed E-state index contributed by atoms with van der Waals surface area (Å²) in [5.74, 6) is 0. The summed E-state index contributed by atoms with van der Waals surface area (Å²) in [7, 11) is 0.303. The van der Waals surface area contributed by atoms with Gasteiger partial charge in [-0.1, -0.05) is 39.5 Å². The van der Waals surface area contributed by atoms with Gasteiger partial charge in [0, 0.05) is 18.7 Å². The molecule has 2 unspecified atom stereocenters. The predicted octanol–water partition coefficient (Wildman–Crippen LogP) is 2.93. The summed E-state index contributed by atoms with van der Waals surface area (Å²) in [5.41, 5.74) is 0.501. The number of hydrogen-bond donors (Lipinski definition) is 1. The molecule has 0 aliphatic heterocycles. The van der Waals surface area contributed by atoms with E-state index in [2.05, 4.69) is 6.92 Å². The van der Waals surface area contributed by atoms with Crippen LogP contribution in [0.15, 0.2) is 0 Å². The Kier molecular flexibility index (Phi) is 9.65. The summed E-state index contributed by atoms with van der Waals surface area (Å²) in [4.78, 5) is 11.3. The Hall–Kier alpha value is 0.0600. The molecule has 2 nitrogen and oxygen atoms in total. The van der Waals surface area contributed by atoms with E-state index in [1.165, 1.54) is 25.7 Å². The normalized spacial score (nSPS) is 13.6. The average molecular weight is 218 g/mol. The Bertz CT molecular complexity index is 148. The van der Waals surface area contributed by atoms with Gasteiger partial charge in [0.05, 0.1) is 0 Å². The zero-order chi connectivity index (χ0) is 10.8. The van der Waals surface area contributed by atoms with Gasteiger partial charge in [0.2, 0.25) is 0 Å². The van der Waals surface area contributed by atoms with Crippen LogP contribution in [0.1, 0.15) is 52.4 Å². The summed E-state index contributed by atoms with van der Waals surface area (Å²) in [6, 6.07) is 0. The van der Waals surface area contributed by atoms with E-state index in [1.54, 1.807) is 0 Å². The summed E-state index contributed by atoms with van der Waals surface area (Å²) in [6.45, 7) is 4.25. The number of unbranched alkanes of at least 4 members (excludes halogenated alkanes) is 4. The topological polar surface area (TPSA) is 37.3 Å². The number of aliphatic hydroxyl groups is 1. The Labute approximate surface area is 89.3 Å². The number of carbonyl (C=O) groups is 1. The minimum absolute atomic E-state index is 0.139. The summed E-state index contributed by atoms with van der Waals surface area (Å²) in [6.07, 6.45) is 6.71. The third-order valence-corrected chi connectivity index (χ3v) is 3.44. The fraction of sp³-hybridized carbons (Fsp3) is 0.909. The van der Waals surface area contributed by atoms with Gasteiger partial charge in [-0.3, -0.25) is 4.79 Å². The highest BCUT2D eigenvalue weighted by atomic mass is 31.1. The molecule has 0 aromatic carbocycles. The van der Waals surface area contributed by atoms with Crippen molar-refractivity contribution in [3.63, 3.8) is 0 Å². The molecule has 0 aromatic rings. The molecule has 0 spiro atoms. The Morgan fingerprint density at radius 1 is 1.29 bits per heavy atom. The zero-order valence-corrected chi connectivity index (χ0v) is 10.4. The van der Waals surface area contributed by atoms with Crippen molar-refractivity contribution in [3.8, 4) is 0 Å². The van der Waals surface area contributed by atoms with Crippen LogP contribution < -0.4 is 0 Å². The van der Waals surface area contributed by atoms with Crippen LogP contribution in [0.3, 0.4) is 0 Å². The molecule has 0 fully saturated rings. The first kappa shape index (κ1) is 14.1. The first-order valence-electron chi connectivity index (χ1n) is 5.61. The Balaban J connectivity index is 3.27. The van der Waals surface area contributed by atoms with E-state index in [1.807, 2.05) is 6.92 Å². The molecule has 1 N–H and O–H groups in total. The SMILES string of the molecule is CCCCCCCC(=O)PC(C)CO. The van der Waals surface area contributed by atoms with Crippen molar-refractivity contribution in [1.29, 1.82) is 0 Å². The van der Waals surface area contributed by atoms with Crippen molar-refractivity contribution in [2.24, 2.45) is 0 Å². The van der Waals surface area contributed by atoms with Crippen molar-refractivity contribution in [1.82, 2.24) is 0 Å². The van der Waals surface area contributed by atoms with Gasteiger partial charge in [-0.05, 0) is 15.0 Å². The van der Waals surface area contributed by atoms with Crippen LogP contribution in [0.5, 0.6) is 0 Å². The standard InChI is InChI=1S/C11H23O2P/c1-3-4-5-6-7-8-11(13)14-10(2)9-12/h10,12,14H,3-9H2,1-2H3. The lowest BCUT2D eigenvalue weighted by atomic mass is 10.1. The van der Waals surface area contributed by atoms with Crippen LogP contribution in [0.4, 0.5) is 0 Å². The van der Waals surface area contributed by atoms with Gasteiger partial charge in [0.25, 0.3) is 0 Å². The van der Waals surface area contributed by atoms with Crippen LogP contribution in [0.2, 0.25) is 0 Å². The second-order valence-electron chi connectivity index (χ2n) is 3.82. The highest BCUT2D eigenvalue weighted by Gasteiger charge is 2.06. The van der Waals surface area contributed by atoms with E-state index in [0.717, 1.165) is 6.42 Å². The number of aliphatic hydroxyl groups excluding tert-OH is 1. The minimum Gasteiger partial charge on any atom is -0.396 e. The molecule has 0 heterocycles. The maximum atomic E-state index is 11.3. The van der Waals surface area contributed by atoms with Crippen molar-refractivity contribution in [2.45, 2.75) is 58.0 Å². The van der Waals surface area contributed by atoms with Crippen LogP contribution in [0.25, 0.3) is 0 Å². The van der Waals surface area contributed by atoms with E-state index < -0.39 is 0 Å². The molecular weight excluding hydrogens is 195 g/mol. The van der Waals surface area contributed by atoms with Gasteiger partial charge in [-0.2, -0.15) is 0 Å². The molecule has 0 saturated heterocycles. The molecule has 0 saturated carbocycles. The fourth-order valence-corrected chi connectivity index (χ4v) is 2.24. The minimum atomic E-state index is 0.139. The number of hydrogen-bond acceptors (Lipinski definition) is 2. The van der Waals surface area contributed by atoms with E-state index >= 15 is 0 Å². The van der Waals surface area contributed by atoms with Crippen LogP contribution >= 0.6 is 8.58 Å². The lowest BCUT2D eigenvalue weighted by Crippen LogP contribution is -2.04. The number of rotatable bonds is 9. The summed E-state index contributed by atoms with van der Waals surface area (Å²) in [5, 5.41) is 8.78. The Morgan fingerprint density at radius 3 is 2.50 bits per heavy atom. The maximum absolute atomic E-state index is 11.3. The van der Waals surface area contributed by atoms with Crippen LogP contribution in [-0.4, -0.2) is 22.9 Å². The van der Waals surface area contributed by atoms with Gasteiger partial charge >= 0.3 is 0 Å². The molecule has 14 heavy (non-hydrogen) atoms. The van der Waals surface area contributed by atoms with Gasteiger partial charge in [0.1, 0.15) is 0 Å². The highest BCUT2D eigenvalue weighted by Crippen LogP contribution is 2.22. The fourth-order valence-electron chi connectivity index (χ4n) is 1.28. The van der Waals surface area contributed by atoms with Gasteiger partial charge in [-0.15, -0.1) is 0 Å². The maximum Gasteiger partial charge on any atom is 0.151 e. The first-order chi connectivity index (χ1) is 6.70. The average Bonchev–Trinajstić information content (AvgIpc) is 2.17. The monoisotopic (exact) mass is 218 g/mol. The molecule has 2 atom stereocenters. The third kappa shape index (κ3) is 8.65. The predicted molar refractivity (Wildman–Crippen MR) is 63.2 cm³/mol. The van der Waals surface area contributed by atoms with E-state index in [-0.39, 0.29) is 12.3 Å². The lowest BCUT2D eigenvalue weighted by molar-refractivity contribution is -0.111. The molecule has 0 radical (unpaired) electrons. The van der Waals surface area contributed by atoms with Crippen molar-refractivity contribution >= 4 is 14.1 Å². The zero-order valence-electron chi connectivity index (χ0n) is 9.38. The molecule has 0 rings (SSSR count). The quantitative estimate of drug-likeness (QED) is 0.477. The van der Waals surface area contributed by atoms with Gasteiger partial charge in [0.15, 0.2) is 5.52 Å². The molecule has 0 aromatic heterocycles. The molecule has 0 amide bonds. The number of carbonyl (C=O) groups excluding carboxylic acids is 1. The van der Waals surface area contributed by atoms with Crippen molar-refractivity contribution in [3.05, 3.63) is 0 Å². The van der Waals surface area contributed by atoms with E-state index in [9.17, 15) is 4.79 Å². The van der Waals surface area contributed by atoms with Crippen LogP contribution in [-0.2, 0) is 4.79 Å². The van der Waals surface area contributed by atoms with E-state index in [4.69, 9.17) is 5.11 Å². The van der Waals surface area contributed by atoms with Crippen molar-refractivity contribution in [2.75, 3.05) is 6.61 Å². The molecular formula is C11H23O2P. The molecule has 0 aliphatic carbocycles. The van der Waals surface area contributed by atoms with E-state index in [0.29, 0.717) is 20.5 Å². The highest BCUT2D eigenvalue weighted by molar-refractivity contribution is 7.58. The van der Waals surface area contributed by atoms with Crippen LogP contribution in [0, 0.1) is 0 Å². The van der Waals surface area contributed by atoms with Gasteiger partial charge < -0.3 is 5.11 Å². The summed E-state index contributed by atoms with van der Waals surface area (Å²) < 4.78 is 0. The molecule has 0 aliphatic rings. The Morgan fingerprint density at radius 2 is 1.93 bits per heavy atom. The third-order valence-electron chi connectivity index (χ3n) is 2.19. The second-order valence-corrected chi connectivity index (χ2v) is 5.65. The summed E-state index contributed by atoms with van der Waals surface area (Å²) >= 11 is 0. The molecule has 3 heteroatoms. The molecule has 0 bridgehead atoms. The van der Waals surface area contributed by atoms with Crippen molar-refractivity contribution < 1.29 is 9.90 Å². The largest absolute Gasteiger partial charge is 0.396 e. The second kappa shape index (κ2) is 9.61. The lowest BCUT2D eigenvalue weighted by Gasteiger charge is -2.06. The first-order valence-corrected chi connectivity index (χ1v) is 6.68. The van der Waals surface area contributed by atoms with Gasteiger partial charge in [-0.25, -0.2) is 0 Å².